The Morgan fingerprint density at radius 3 is 2.73 bits per heavy atom. The largest absolute Gasteiger partial charge is 0.394 e. The van der Waals surface area contributed by atoms with Gasteiger partial charge in [-0.05, 0) is 44.9 Å². The average Bonchev–Trinajstić information content (AvgIpc) is 3.58. The second-order valence-corrected chi connectivity index (χ2v) is 12.0. The summed E-state index contributed by atoms with van der Waals surface area (Å²) in [7, 11) is 0. The number of anilines is 3. The third-order valence-corrected chi connectivity index (χ3v) is 8.61. The SMILES string of the molecule is CCCSc1nc(N[C@H](C)[C@@H](C)c2ccc(F)c(F)c2)c2c(n1)N([C@@H]1C[C@H](OCCO)[C@H]3OC(C)(C)O[C@H]31)NN2. The summed E-state index contributed by atoms with van der Waals surface area (Å²) in [6, 6.07) is 3.66. The smallest absolute Gasteiger partial charge is 0.191 e. The van der Waals surface area contributed by atoms with Gasteiger partial charge in [0.05, 0.1) is 25.4 Å². The van der Waals surface area contributed by atoms with Crippen molar-refractivity contribution in [3.63, 3.8) is 0 Å². The molecule has 0 unspecified atom stereocenters. The van der Waals surface area contributed by atoms with Crippen LogP contribution in [0.1, 0.15) is 58.9 Å². The lowest BCUT2D eigenvalue weighted by atomic mass is 9.94. The van der Waals surface area contributed by atoms with Gasteiger partial charge < -0.3 is 24.6 Å². The van der Waals surface area contributed by atoms with Gasteiger partial charge in [-0.3, -0.25) is 10.4 Å². The van der Waals surface area contributed by atoms with E-state index in [-0.39, 0.29) is 49.5 Å². The third-order valence-electron chi connectivity index (χ3n) is 7.56. The van der Waals surface area contributed by atoms with Crippen LogP contribution in [0.3, 0.4) is 0 Å². The van der Waals surface area contributed by atoms with Crippen LogP contribution in [-0.2, 0) is 14.2 Å². The van der Waals surface area contributed by atoms with Crippen LogP contribution >= 0.6 is 11.8 Å². The highest BCUT2D eigenvalue weighted by molar-refractivity contribution is 7.99. The quantitative estimate of drug-likeness (QED) is 0.227. The zero-order valence-electron chi connectivity index (χ0n) is 23.4. The molecule has 10 nitrogen and oxygen atoms in total. The van der Waals surface area contributed by atoms with E-state index >= 15 is 0 Å². The molecule has 1 aliphatic carbocycles. The summed E-state index contributed by atoms with van der Waals surface area (Å²) in [5, 5.41) is 15.4. The Hall–Kier alpha value is -2.29. The lowest BCUT2D eigenvalue weighted by Gasteiger charge is -2.30. The molecule has 0 bridgehead atoms. The fraction of sp³-hybridized carbons (Fsp3) is 0.630. The molecular weight excluding hydrogens is 542 g/mol. The molecule has 1 saturated carbocycles. The third kappa shape index (κ3) is 5.86. The van der Waals surface area contributed by atoms with Gasteiger partial charge in [-0.15, -0.1) is 5.53 Å². The van der Waals surface area contributed by atoms with Crippen molar-refractivity contribution in [2.45, 2.75) is 94.7 Å². The maximum Gasteiger partial charge on any atom is 0.191 e. The summed E-state index contributed by atoms with van der Waals surface area (Å²) in [6.07, 6.45) is 0.744. The van der Waals surface area contributed by atoms with Crippen molar-refractivity contribution in [3.05, 3.63) is 35.4 Å². The minimum absolute atomic E-state index is 0.0728. The van der Waals surface area contributed by atoms with Gasteiger partial charge in [-0.1, -0.05) is 31.7 Å². The van der Waals surface area contributed by atoms with Gasteiger partial charge in [-0.2, -0.15) is 0 Å². The van der Waals surface area contributed by atoms with Crippen molar-refractivity contribution in [2.24, 2.45) is 0 Å². The molecule has 1 saturated heterocycles. The number of rotatable bonds is 11. The van der Waals surface area contributed by atoms with Crippen LogP contribution in [0.15, 0.2) is 23.4 Å². The van der Waals surface area contributed by atoms with Gasteiger partial charge in [0.15, 0.2) is 34.2 Å². The fourth-order valence-corrected chi connectivity index (χ4v) is 6.14. The van der Waals surface area contributed by atoms with Crippen molar-refractivity contribution < 1.29 is 28.1 Å². The van der Waals surface area contributed by atoms with Crippen LogP contribution in [0.5, 0.6) is 0 Å². The molecular formula is C27H38F2N6O4S. The molecule has 3 aliphatic rings. The number of benzene rings is 1. The predicted molar refractivity (Wildman–Crippen MR) is 149 cm³/mol. The molecule has 2 fully saturated rings. The molecule has 220 valence electrons. The summed E-state index contributed by atoms with van der Waals surface area (Å²) in [4.78, 5) is 9.70. The Balaban J connectivity index is 1.43. The molecule has 0 spiro atoms. The Morgan fingerprint density at radius 1 is 1.23 bits per heavy atom. The molecule has 1 aromatic heterocycles. The van der Waals surface area contributed by atoms with Crippen LogP contribution in [0, 0.1) is 11.6 Å². The summed E-state index contributed by atoms with van der Waals surface area (Å²) in [5.74, 6) is -0.500. The van der Waals surface area contributed by atoms with E-state index in [1.54, 1.807) is 17.8 Å². The van der Waals surface area contributed by atoms with E-state index in [1.165, 1.54) is 6.07 Å². The Bertz CT molecular complexity index is 1210. The highest BCUT2D eigenvalue weighted by Gasteiger charge is 2.57. The normalized spacial score (nSPS) is 26.4. The lowest BCUT2D eigenvalue weighted by Crippen LogP contribution is -2.50. The van der Waals surface area contributed by atoms with Gasteiger partial charge in [0.25, 0.3) is 0 Å². The molecule has 13 heteroatoms. The maximum absolute atomic E-state index is 13.9. The van der Waals surface area contributed by atoms with E-state index in [1.807, 2.05) is 32.7 Å². The van der Waals surface area contributed by atoms with E-state index < -0.39 is 17.4 Å². The van der Waals surface area contributed by atoms with Gasteiger partial charge in [0.2, 0.25) is 0 Å². The molecule has 4 N–H and O–H groups in total. The maximum atomic E-state index is 13.9. The van der Waals surface area contributed by atoms with Crippen molar-refractivity contribution >= 4 is 29.1 Å². The number of nitrogens with one attached hydrogen (secondary N) is 3. The minimum atomic E-state index is -0.865. The Labute approximate surface area is 237 Å². The second-order valence-electron chi connectivity index (χ2n) is 10.9. The Morgan fingerprint density at radius 2 is 2.00 bits per heavy atom. The lowest BCUT2D eigenvalue weighted by molar-refractivity contribution is -0.168. The van der Waals surface area contributed by atoms with Crippen LogP contribution in [0.25, 0.3) is 0 Å². The number of halogens is 2. The molecule has 6 atom stereocenters. The van der Waals surface area contributed by atoms with Gasteiger partial charge >= 0.3 is 0 Å². The van der Waals surface area contributed by atoms with E-state index in [9.17, 15) is 13.9 Å². The number of fused-ring (bicyclic) bond motifs is 2. The highest BCUT2D eigenvalue weighted by atomic mass is 32.2. The molecule has 0 amide bonds. The number of thioether (sulfide) groups is 1. The molecule has 0 radical (unpaired) electrons. The molecule has 2 aromatic rings. The van der Waals surface area contributed by atoms with E-state index in [2.05, 4.69) is 23.2 Å². The first-order valence-corrected chi connectivity index (χ1v) is 14.8. The van der Waals surface area contributed by atoms with Crippen molar-refractivity contribution in [1.82, 2.24) is 15.5 Å². The van der Waals surface area contributed by atoms with Crippen molar-refractivity contribution in [1.29, 1.82) is 0 Å². The molecule has 1 aromatic carbocycles. The minimum Gasteiger partial charge on any atom is -0.394 e. The summed E-state index contributed by atoms with van der Waals surface area (Å²) in [5.41, 5.74) is 7.85. The molecule has 5 rings (SSSR count). The number of hydrogen-bond donors (Lipinski definition) is 4. The monoisotopic (exact) mass is 580 g/mol. The fourth-order valence-electron chi connectivity index (χ4n) is 5.44. The van der Waals surface area contributed by atoms with Gasteiger partial charge in [-0.25, -0.2) is 18.7 Å². The molecule has 2 aliphatic heterocycles. The molecule has 40 heavy (non-hydrogen) atoms. The standard InChI is InChI=1S/C27H38F2N6O4S/c1-6-11-40-26-31-24(30-15(3)14(2)16-7-8-17(28)18(29)12-16)21-25(32-26)35(34-33-21)19-13-20(37-10-9-36)23-22(19)38-27(4,5)39-23/h7-8,12,14-15,19-20,22-23,33-34,36H,6,9-11,13H2,1-5H3,(H,30,31,32)/t14-,15-,19-,20+,22+,23-/m1/s1. The highest BCUT2D eigenvalue weighted by Crippen LogP contribution is 2.45. The van der Waals surface area contributed by atoms with Crippen molar-refractivity contribution in [3.8, 4) is 0 Å². The average molecular weight is 581 g/mol. The first kappa shape index (κ1) is 29.2. The first-order valence-electron chi connectivity index (χ1n) is 13.8. The van der Waals surface area contributed by atoms with Gasteiger partial charge in [0, 0.05) is 24.1 Å². The zero-order chi connectivity index (χ0) is 28.6. The first-order chi connectivity index (χ1) is 19.1. The van der Waals surface area contributed by atoms with Crippen LogP contribution < -0.4 is 21.3 Å². The number of hydrogen-bond acceptors (Lipinski definition) is 11. The summed E-state index contributed by atoms with van der Waals surface area (Å²) < 4.78 is 45.9. The summed E-state index contributed by atoms with van der Waals surface area (Å²) in [6.45, 7) is 9.95. The number of ether oxygens (including phenoxy) is 3. The van der Waals surface area contributed by atoms with Crippen LogP contribution in [-0.4, -0.2) is 70.2 Å². The second kappa shape index (κ2) is 11.9. The van der Waals surface area contributed by atoms with E-state index in [0.29, 0.717) is 34.5 Å². The van der Waals surface area contributed by atoms with Crippen LogP contribution in [0.2, 0.25) is 0 Å². The predicted octanol–water partition coefficient (Wildman–Crippen LogP) is 4.18. The number of nitrogens with zero attached hydrogens (tertiary/aromatic N) is 3. The molecule has 3 heterocycles. The number of hydrazine groups is 2. The van der Waals surface area contributed by atoms with E-state index in [0.717, 1.165) is 18.2 Å². The Kier molecular flexibility index (Phi) is 8.69. The summed E-state index contributed by atoms with van der Waals surface area (Å²) >= 11 is 1.57. The zero-order valence-corrected chi connectivity index (χ0v) is 24.2. The van der Waals surface area contributed by atoms with Crippen LogP contribution in [0.4, 0.5) is 26.1 Å². The number of aliphatic hydroxyl groups excluding tert-OH is 1. The van der Waals surface area contributed by atoms with Gasteiger partial charge in [0.1, 0.15) is 17.9 Å². The van der Waals surface area contributed by atoms with Crippen molar-refractivity contribution in [2.75, 3.05) is 34.7 Å². The number of aliphatic hydroxyl groups is 1. The van der Waals surface area contributed by atoms with E-state index in [4.69, 9.17) is 24.2 Å². The number of aromatic nitrogens is 2. The topological polar surface area (TPSA) is 113 Å².